The van der Waals surface area contributed by atoms with E-state index in [1.54, 1.807) is 53.3 Å². The number of carbonyl (C=O) groups excluding carboxylic acids is 4. The van der Waals surface area contributed by atoms with Crippen molar-refractivity contribution in [3.63, 3.8) is 0 Å². The molecule has 11 nitrogen and oxygen atoms in total. The van der Waals surface area contributed by atoms with Gasteiger partial charge in [0.15, 0.2) is 5.78 Å². The monoisotopic (exact) mass is 731 g/mol. The van der Waals surface area contributed by atoms with E-state index in [1.807, 2.05) is 60.7 Å². The second-order valence-corrected chi connectivity index (χ2v) is 13.3. The van der Waals surface area contributed by atoms with Gasteiger partial charge in [0.05, 0.1) is 45.6 Å². The maximum Gasteiger partial charge on any atom is 0.258 e. The zero-order valence-electron chi connectivity index (χ0n) is 31.0. The molecule has 2 aliphatic heterocycles. The average molecular weight is 732 g/mol. The highest BCUT2D eigenvalue weighted by Crippen LogP contribution is 2.31. The van der Waals surface area contributed by atoms with E-state index in [1.165, 1.54) is 21.3 Å². The van der Waals surface area contributed by atoms with Gasteiger partial charge < -0.3 is 34.1 Å². The fourth-order valence-corrected chi connectivity index (χ4v) is 7.06. The Balaban J connectivity index is 1.03. The lowest BCUT2D eigenvalue weighted by atomic mass is 10.00. The molecule has 0 aliphatic carbocycles. The van der Waals surface area contributed by atoms with Gasteiger partial charge >= 0.3 is 0 Å². The fourth-order valence-electron chi connectivity index (χ4n) is 7.06. The number of likely N-dealkylation sites (tertiary alicyclic amines) is 2. The summed E-state index contributed by atoms with van der Waals surface area (Å²) < 4.78 is 21.4. The molecular formula is C43H45N3O8. The lowest BCUT2D eigenvalue weighted by Crippen LogP contribution is -2.43. The van der Waals surface area contributed by atoms with E-state index in [-0.39, 0.29) is 29.9 Å². The predicted octanol–water partition coefficient (Wildman–Crippen LogP) is 6.55. The van der Waals surface area contributed by atoms with Gasteiger partial charge in [-0.3, -0.25) is 19.2 Å². The number of methoxy groups -OCH3 is 4. The second kappa shape index (κ2) is 17.2. The number of ketones is 1. The molecule has 0 unspecified atom stereocenters. The maximum absolute atomic E-state index is 13.5. The molecule has 2 atom stereocenters. The molecule has 4 aromatic carbocycles. The molecule has 280 valence electrons. The summed E-state index contributed by atoms with van der Waals surface area (Å²) in [4.78, 5) is 57.0. The molecule has 2 heterocycles. The van der Waals surface area contributed by atoms with Gasteiger partial charge in [0, 0.05) is 25.2 Å². The summed E-state index contributed by atoms with van der Waals surface area (Å²) in [5.41, 5.74) is 4.14. The molecule has 6 rings (SSSR count). The summed E-state index contributed by atoms with van der Waals surface area (Å²) in [5.74, 6) is 1.20. The molecule has 0 bridgehead atoms. The minimum absolute atomic E-state index is 0.00233. The van der Waals surface area contributed by atoms with Crippen LogP contribution in [0.15, 0.2) is 84.9 Å². The largest absolute Gasteiger partial charge is 0.497 e. The van der Waals surface area contributed by atoms with Crippen molar-refractivity contribution in [1.29, 1.82) is 0 Å². The molecule has 0 saturated carbocycles. The topological polar surface area (TPSA) is 124 Å². The Kier molecular flexibility index (Phi) is 12.0. The summed E-state index contributed by atoms with van der Waals surface area (Å²) in [5, 5.41) is 2.97. The molecule has 0 aromatic heterocycles. The Morgan fingerprint density at radius 1 is 0.630 bits per heavy atom. The molecule has 2 saturated heterocycles. The van der Waals surface area contributed by atoms with E-state index in [4.69, 9.17) is 18.9 Å². The standard InChI is InChI=1S/C43H45N3O8/c1-51-32-19-21-39(53-3)34(26-32)42(49)45-23-5-7-36(45)38(47)25-30-13-11-28(12-14-30)9-10-29-15-17-31(18-16-29)44-41(48)37-8-6-24-46(37)43(50)35-27-33(52-2)20-22-40(35)54-4/h9-22,26-27,36-37H,5-8,23-25H2,1-4H3,(H,44,48)/b10-9+/t36-,37-/m0/s1. The normalized spacial score (nSPS) is 16.7. The number of hydrogen-bond donors (Lipinski definition) is 1. The van der Waals surface area contributed by atoms with Crippen LogP contribution in [0.2, 0.25) is 0 Å². The highest BCUT2D eigenvalue weighted by atomic mass is 16.5. The van der Waals surface area contributed by atoms with Gasteiger partial charge in [0.25, 0.3) is 11.8 Å². The molecule has 11 heteroatoms. The quantitative estimate of drug-likeness (QED) is 0.154. The third-order valence-electron chi connectivity index (χ3n) is 9.98. The van der Waals surface area contributed by atoms with Gasteiger partial charge in [-0.1, -0.05) is 48.6 Å². The highest BCUT2D eigenvalue weighted by molar-refractivity contribution is 6.03. The van der Waals surface area contributed by atoms with Crippen LogP contribution in [0.3, 0.4) is 0 Å². The third kappa shape index (κ3) is 8.41. The number of nitrogens with zero attached hydrogens (tertiary/aromatic N) is 2. The molecule has 2 fully saturated rings. The summed E-state index contributed by atoms with van der Waals surface area (Å²) >= 11 is 0. The minimum atomic E-state index is -0.603. The number of carbonyl (C=O) groups is 4. The number of nitrogens with one attached hydrogen (secondary N) is 1. The van der Waals surface area contributed by atoms with Crippen LogP contribution in [0.1, 0.15) is 63.1 Å². The van der Waals surface area contributed by atoms with Crippen LogP contribution in [0.25, 0.3) is 12.2 Å². The van der Waals surface area contributed by atoms with Crippen molar-refractivity contribution in [1.82, 2.24) is 9.80 Å². The number of Topliss-reactive ketones (excluding diaryl/α,β-unsaturated/α-hetero) is 1. The molecule has 0 radical (unpaired) electrons. The second-order valence-electron chi connectivity index (χ2n) is 13.3. The van der Waals surface area contributed by atoms with E-state index >= 15 is 0 Å². The van der Waals surface area contributed by atoms with Crippen LogP contribution in [0.5, 0.6) is 23.0 Å². The van der Waals surface area contributed by atoms with Gasteiger partial charge in [-0.25, -0.2) is 0 Å². The number of ether oxygens (including phenoxy) is 4. The van der Waals surface area contributed by atoms with Crippen molar-refractivity contribution in [2.75, 3.05) is 46.8 Å². The molecule has 3 amide bonds. The summed E-state index contributed by atoms with van der Waals surface area (Å²) in [6.45, 7) is 0.980. The molecule has 0 spiro atoms. The van der Waals surface area contributed by atoms with Crippen LogP contribution < -0.4 is 24.3 Å². The number of benzene rings is 4. The van der Waals surface area contributed by atoms with Crippen LogP contribution in [0.4, 0.5) is 5.69 Å². The first-order valence-corrected chi connectivity index (χ1v) is 18.0. The molecule has 4 aromatic rings. The van der Waals surface area contributed by atoms with Gasteiger partial charge in [-0.15, -0.1) is 0 Å². The lowest BCUT2D eigenvalue weighted by molar-refractivity contribution is -0.122. The van der Waals surface area contributed by atoms with Gasteiger partial charge in [0.1, 0.15) is 29.0 Å². The van der Waals surface area contributed by atoms with Gasteiger partial charge in [-0.2, -0.15) is 0 Å². The maximum atomic E-state index is 13.5. The summed E-state index contributed by atoms with van der Waals surface area (Å²) in [6, 6.07) is 24.3. The molecule has 54 heavy (non-hydrogen) atoms. The zero-order chi connectivity index (χ0) is 38.2. The first kappa shape index (κ1) is 37.7. The number of rotatable bonds is 13. The van der Waals surface area contributed by atoms with Gasteiger partial charge in [0.2, 0.25) is 5.91 Å². The van der Waals surface area contributed by atoms with Crippen molar-refractivity contribution in [2.24, 2.45) is 0 Å². The Morgan fingerprint density at radius 2 is 1.11 bits per heavy atom. The Labute approximate surface area is 315 Å². The Hall–Kier alpha value is -6.10. The van der Waals surface area contributed by atoms with Crippen molar-refractivity contribution < 1.29 is 38.1 Å². The predicted molar refractivity (Wildman–Crippen MR) is 206 cm³/mol. The van der Waals surface area contributed by atoms with Crippen molar-refractivity contribution in [3.8, 4) is 23.0 Å². The van der Waals surface area contributed by atoms with E-state index in [0.29, 0.717) is 65.7 Å². The van der Waals surface area contributed by atoms with Crippen LogP contribution in [-0.2, 0) is 16.0 Å². The first-order valence-electron chi connectivity index (χ1n) is 18.0. The zero-order valence-corrected chi connectivity index (χ0v) is 31.0. The molecular weight excluding hydrogens is 686 g/mol. The highest BCUT2D eigenvalue weighted by Gasteiger charge is 2.37. The van der Waals surface area contributed by atoms with Crippen molar-refractivity contribution in [3.05, 3.63) is 113 Å². The SMILES string of the molecule is COc1ccc(OC)c(C(=O)N2CCC[C@H]2C(=O)Cc2ccc(/C=C/c3ccc(NC(=O)[C@@H]4CCCN4C(=O)c4cc(OC)ccc4OC)cc3)cc2)c1. The van der Waals surface area contributed by atoms with E-state index < -0.39 is 12.1 Å². The van der Waals surface area contributed by atoms with E-state index in [2.05, 4.69) is 5.32 Å². The summed E-state index contributed by atoms with van der Waals surface area (Å²) in [6.07, 6.45) is 6.84. The third-order valence-corrected chi connectivity index (χ3v) is 9.98. The summed E-state index contributed by atoms with van der Waals surface area (Å²) in [7, 11) is 6.10. The van der Waals surface area contributed by atoms with Crippen LogP contribution in [0, 0.1) is 0 Å². The number of amides is 3. The van der Waals surface area contributed by atoms with Crippen molar-refractivity contribution >= 4 is 41.3 Å². The number of anilines is 1. The van der Waals surface area contributed by atoms with Crippen LogP contribution in [-0.4, -0.2) is 86.9 Å². The average Bonchev–Trinajstić information content (AvgIpc) is 3.91. The Bertz CT molecular complexity index is 1880. The molecule has 2 aliphatic rings. The van der Waals surface area contributed by atoms with Crippen molar-refractivity contribution in [2.45, 2.75) is 44.2 Å². The minimum Gasteiger partial charge on any atom is -0.497 e. The Morgan fingerprint density at radius 3 is 1.61 bits per heavy atom. The van der Waals surface area contributed by atoms with E-state index in [0.717, 1.165) is 29.5 Å². The first-order chi connectivity index (χ1) is 26.2. The fraction of sp³-hybridized carbons (Fsp3) is 0.302. The van der Waals surface area contributed by atoms with E-state index in [9.17, 15) is 19.2 Å². The number of hydrogen-bond acceptors (Lipinski definition) is 8. The van der Waals surface area contributed by atoms with Gasteiger partial charge in [-0.05, 0) is 90.9 Å². The smallest absolute Gasteiger partial charge is 0.258 e. The molecule has 1 N–H and O–H groups in total. The van der Waals surface area contributed by atoms with Crippen LogP contribution >= 0.6 is 0 Å². The lowest BCUT2D eigenvalue weighted by Gasteiger charge is -2.25.